The number of para-hydroxylation sites is 2. The summed E-state index contributed by atoms with van der Waals surface area (Å²) in [5, 5.41) is 6.69. The molecule has 0 radical (unpaired) electrons. The first-order chi connectivity index (χ1) is 11.5. The molecule has 1 saturated heterocycles. The molecule has 9 heteroatoms. The highest BCUT2D eigenvalue weighted by molar-refractivity contribution is 5.56. The molecule has 0 spiro atoms. The number of hydrogen-bond donors (Lipinski definition) is 1. The number of rotatable bonds is 5. The Bertz CT molecular complexity index is 669. The zero-order valence-corrected chi connectivity index (χ0v) is 12.7. The molecule has 0 saturated carbocycles. The molecule has 0 aliphatic carbocycles. The van der Waals surface area contributed by atoms with Gasteiger partial charge in [-0.3, -0.25) is 0 Å². The molecule has 2 aromatic rings. The zero-order valence-electron chi connectivity index (χ0n) is 12.7. The number of alkyl halides is 3. The highest BCUT2D eigenvalue weighted by Crippen LogP contribution is 2.30. The molecular weight excluding hydrogens is 327 g/mol. The lowest BCUT2D eigenvalue weighted by molar-refractivity contribution is -0.274. The van der Waals surface area contributed by atoms with Gasteiger partial charge in [0.1, 0.15) is 0 Å². The molecule has 1 aromatic heterocycles. The number of aromatic nitrogens is 2. The minimum atomic E-state index is -4.75. The lowest BCUT2D eigenvalue weighted by atomic mass is 10.0. The maximum absolute atomic E-state index is 12.4. The summed E-state index contributed by atoms with van der Waals surface area (Å²) < 4.78 is 51.7. The van der Waals surface area contributed by atoms with Gasteiger partial charge in [0.2, 0.25) is 5.89 Å². The van der Waals surface area contributed by atoms with Gasteiger partial charge in [-0.05, 0) is 25.0 Å². The van der Waals surface area contributed by atoms with E-state index in [2.05, 4.69) is 20.2 Å². The maximum Gasteiger partial charge on any atom is 0.573 e. The fourth-order valence-corrected chi connectivity index (χ4v) is 2.45. The van der Waals surface area contributed by atoms with Crippen LogP contribution in [0.3, 0.4) is 0 Å². The molecule has 24 heavy (non-hydrogen) atoms. The van der Waals surface area contributed by atoms with E-state index in [1.165, 1.54) is 18.2 Å². The van der Waals surface area contributed by atoms with Crippen molar-refractivity contribution in [3.63, 3.8) is 0 Å². The lowest BCUT2D eigenvalue weighted by Gasteiger charge is -2.17. The van der Waals surface area contributed by atoms with Crippen LogP contribution in [-0.4, -0.2) is 29.7 Å². The second-order valence-corrected chi connectivity index (χ2v) is 5.33. The smallest absolute Gasteiger partial charge is 0.404 e. The molecule has 2 heterocycles. The summed E-state index contributed by atoms with van der Waals surface area (Å²) in [5.74, 6) is 0.771. The van der Waals surface area contributed by atoms with Crippen molar-refractivity contribution < 1.29 is 27.2 Å². The van der Waals surface area contributed by atoms with Gasteiger partial charge in [0, 0.05) is 19.1 Å². The topological polar surface area (TPSA) is 69.4 Å². The van der Waals surface area contributed by atoms with Gasteiger partial charge in [0.15, 0.2) is 11.6 Å². The van der Waals surface area contributed by atoms with Crippen LogP contribution in [0.4, 0.5) is 18.9 Å². The van der Waals surface area contributed by atoms with Crippen molar-refractivity contribution in [2.24, 2.45) is 0 Å². The predicted octanol–water partition coefficient (Wildman–Crippen LogP) is 3.47. The number of benzene rings is 1. The molecule has 0 atom stereocenters. The van der Waals surface area contributed by atoms with Gasteiger partial charge >= 0.3 is 6.36 Å². The molecule has 1 aliphatic rings. The molecule has 1 fully saturated rings. The van der Waals surface area contributed by atoms with Crippen LogP contribution < -0.4 is 10.1 Å². The number of nitrogens with one attached hydrogen (secondary N) is 1. The van der Waals surface area contributed by atoms with Crippen molar-refractivity contribution in [3.8, 4) is 5.75 Å². The Labute approximate surface area is 135 Å². The van der Waals surface area contributed by atoms with Crippen molar-refractivity contribution >= 4 is 5.69 Å². The van der Waals surface area contributed by atoms with E-state index in [4.69, 9.17) is 9.26 Å². The summed E-state index contributed by atoms with van der Waals surface area (Å²) >= 11 is 0. The molecular formula is C15H16F3N3O3. The molecule has 1 aromatic carbocycles. The van der Waals surface area contributed by atoms with Crippen molar-refractivity contribution in [3.05, 3.63) is 36.0 Å². The molecule has 1 aliphatic heterocycles. The van der Waals surface area contributed by atoms with Gasteiger partial charge < -0.3 is 19.3 Å². The van der Waals surface area contributed by atoms with E-state index in [-0.39, 0.29) is 23.9 Å². The molecule has 0 unspecified atom stereocenters. The Morgan fingerprint density at radius 1 is 1.21 bits per heavy atom. The largest absolute Gasteiger partial charge is 0.573 e. The van der Waals surface area contributed by atoms with Crippen LogP contribution in [0, 0.1) is 0 Å². The van der Waals surface area contributed by atoms with E-state index >= 15 is 0 Å². The number of anilines is 1. The maximum atomic E-state index is 12.4. The average Bonchev–Trinajstić information content (AvgIpc) is 3.02. The van der Waals surface area contributed by atoms with Crippen LogP contribution in [0.25, 0.3) is 0 Å². The highest BCUT2D eigenvalue weighted by Gasteiger charge is 2.32. The number of nitrogens with zero attached hydrogens (tertiary/aromatic N) is 2. The lowest BCUT2D eigenvalue weighted by Crippen LogP contribution is -2.18. The molecule has 130 valence electrons. The second kappa shape index (κ2) is 7.08. The van der Waals surface area contributed by atoms with E-state index in [9.17, 15) is 13.2 Å². The first-order valence-corrected chi connectivity index (χ1v) is 7.50. The fraction of sp³-hybridized carbons (Fsp3) is 0.467. The third kappa shape index (κ3) is 4.38. The van der Waals surface area contributed by atoms with Gasteiger partial charge in [-0.1, -0.05) is 17.3 Å². The van der Waals surface area contributed by atoms with Crippen LogP contribution >= 0.6 is 0 Å². The van der Waals surface area contributed by atoms with Crippen molar-refractivity contribution in [1.82, 2.24) is 10.1 Å². The number of hydrogen-bond acceptors (Lipinski definition) is 6. The number of halogens is 3. The summed E-state index contributed by atoms with van der Waals surface area (Å²) in [7, 11) is 0. The van der Waals surface area contributed by atoms with E-state index in [1.807, 2.05) is 0 Å². The molecule has 0 bridgehead atoms. The van der Waals surface area contributed by atoms with Crippen molar-refractivity contribution in [2.45, 2.75) is 31.7 Å². The standard InChI is InChI=1S/C15H16F3N3O3/c16-15(17,18)23-12-4-2-1-3-11(12)19-9-13-20-14(24-21-13)10-5-7-22-8-6-10/h1-4,10,19H,5-9H2. The second-order valence-electron chi connectivity index (χ2n) is 5.33. The summed E-state index contributed by atoms with van der Waals surface area (Å²) in [6, 6.07) is 5.79. The average molecular weight is 343 g/mol. The van der Waals surface area contributed by atoms with E-state index < -0.39 is 6.36 Å². The first-order valence-electron chi connectivity index (χ1n) is 7.50. The van der Waals surface area contributed by atoms with Gasteiger partial charge in [0.05, 0.1) is 12.2 Å². The highest BCUT2D eigenvalue weighted by atomic mass is 19.4. The Kier molecular flexibility index (Phi) is 4.89. The van der Waals surface area contributed by atoms with Gasteiger partial charge in [-0.15, -0.1) is 13.2 Å². The summed E-state index contributed by atoms with van der Waals surface area (Å²) in [5.41, 5.74) is 0.201. The summed E-state index contributed by atoms with van der Waals surface area (Å²) in [6.45, 7) is 1.44. The normalized spacial score (nSPS) is 16.1. The van der Waals surface area contributed by atoms with Crippen LogP contribution in [0.1, 0.15) is 30.5 Å². The SMILES string of the molecule is FC(F)(F)Oc1ccccc1NCc1noc(C2CCOCC2)n1. The van der Waals surface area contributed by atoms with Crippen molar-refractivity contribution in [2.75, 3.05) is 18.5 Å². The summed E-state index contributed by atoms with van der Waals surface area (Å²) in [4.78, 5) is 4.29. The Hall–Kier alpha value is -2.29. The van der Waals surface area contributed by atoms with Crippen LogP contribution in [0.5, 0.6) is 5.75 Å². The number of ether oxygens (including phenoxy) is 2. The Morgan fingerprint density at radius 2 is 1.96 bits per heavy atom. The third-order valence-electron chi connectivity index (χ3n) is 3.60. The van der Waals surface area contributed by atoms with Crippen LogP contribution in [0.2, 0.25) is 0 Å². The quantitative estimate of drug-likeness (QED) is 0.896. The van der Waals surface area contributed by atoms with Crippen molar-refractivity contribution in [1.29, 1.82) is 0 Å². The minimum absolute atomic E-state index is 0.130. The summed E-state index contributed by atoms with van der Waals surface area (Å²) in [6.07, 6.45) is -3.12. The Balaban J connectivity index is 1.63. The van der Waals surface area contributed by atoms with E-state index in [1.54, 1.807) is 6.07 Å². The fourth-order valence-electron chi connectivity index (χ4n) is 2.45. The minimum Gasteiger partial charge on any atom is -0.404 e. The molecule has 0 amide bonds. The van der Waals surface area contributed by atoms with Gasteiger partial charge in [-0.25, -0.2) is 0 Å². The van der Waals surface area contributed by atoms with Crippen LogP contribution in [-0.2, 0) is 11.3 Å². The Morgan fingerprint density at radius 3 is 2.71 bits per heavy atom. The van der Waals surface area contributed by atoms with E-state index in [0.29, 0.717) is 24.9 Å². The molecule has 3 rings (SSSR count). The first kappa shape index (κ1) is 16.6. The van der Waals surface area contributed by atoms with E-state index in [0.717, 1.165) is 12.8 Å². The molecule has 6 nitrogen and oxygen atoms in total. The van der Waals surface area contributed by atoms with Crippen LogP contribution in [0.15, 0.2) is 28.8 Å². The van der Waals surface area contributed by atoms with Gasteiger partial charge in [-0.2, -0.15) is 4.98 Å². The van der Waals surface area contributed by atoms with Gasteiger partial charge in [0.25, 0.3) is 0 Å². The predicted molar refractivity (Wildman–Crippen MR) is 77.5 cm³/mol. The third-order valence-corrected chi connectivity index (χ3v) is 3.60. The monoisotopic (exact) mass is 343 g/mol. The zero-order chi connectivity index (χ0) is 17.0. The molecule has 1 N–H and O–H groups in total.